The number of carbonyl (C=O) groups excluding carboxylic acids is 2. The van der Waals surface area contributed by atoms with Gasteiger partial charge >= 0.3 is 0 Å². The molecule has 0 atom stereocenters. The molecule has 0 bridgehead atoms. The maximum Gasteiger partial charge on any atom is 0.277 e. The molecule has 1 aromatic heterocycles. The van der Waals surface area contributed by atoms with E-state index < -0.39 is 0 Å². The number of likely N-dealkylation sites (N-methyl/N-ethyl adjacent to an activating group) is 1. The topological polar surface area (TPSA) is 106 Å². The molecule has 25 heavy (non-hydrogen) atoms. The van der Waals surface area contributed by atoms with Crippen molar-refractivity contribution in [2.45, 2.75) is 19.1 Å². The van der Waals surface area contributed by atoms with Gasteiger partial charge in [-0.2, -0.15) is 0 Å². The number of amides is 2. The van der Waals surface area contributed by atoms with Crippen LogP contribution in [0.3, 0.4) is 0 Å². The Balaban J connectivity index is 1.82. The van der Waals surface area contributed by atoms with E-state index in [1.54, 1.807) is 0 Å². The van der Waals surface area contributed by atoms with Crippen LogP contribution in [0.15, 0.2) is 33.9 Å². The van der Waals surface area contributed by atoms with E-state index in [4.69, 9.17) is 9.15 Å². The highest BCUT2D eigenvalue weighted by Gasteiger charge is 2.12. The number of hydrogen-bond acceptors (Lipinski definition) is 7. The third-order valence-electron chi connectivity index (χ3n) is 2.97. The largest absolute Gasteiger partial charge is 0.494 e. The van der Waals surface area contributed by atoms with Gasteiger partial charge in [0.2, 0.25) is 17.7 Å². The van der Waals surface area contributed by atoms with Gasteiger partial charge in [0.15, 0.2) is 0 Å². The number of aromatic nitrogens is 2. The average Bonchev–Trinajstić information content (AvgIpc) is 3.08. The molecule has 134 valence electrons. The molecule has 2 aromatic rings. The molecule has 0 aliphatic heterocycles. The number of benzene rings is 1. The van der Waals surface area contributed by atoms with Crippen LogP contribution < -0.4 is 15.4 Å². The standard InChI is InChI=1S/C16H20N4O4S/c1-3-17-13(21)9-18-14(22)10-25-16-20-19-15(24-16)11-5-7-12(8-6-11)23-4-2/h5-8H,3-4,9-10H2,1-2H3,(H,17,21)(H,18,22). The van der Waals surface area contributed by atoms with Gasteiger partial charge in [0.25, 0.3) is 5.22 Å². The summed E-state index contributed by atoms with van der Waals surface area (Å²) in [5, 5.41) is 13.3. The lowest BCUT2D eigenvalue weighted by Crippen LogP contribution is -2.37. The van der Waals surface area contributed by atoms with Gasteiger partial charge in [-0.3, -0.25) is 9.59 Å². The van der Waals surface area contributed by atoms with Crippen molar-refractivity contribution in [2.24, 2.45) is 0 Å². The summed E-state index contributed by atoms with van der Waals surface area (Å²) < 4.78 is 10.9. The lowest BCUT2D eigenvalue weighted by atomic mass is 10.2. The second kappa shape index (κ2) is 9.67. The number of nitrogens with zero attached hydrogens (tertiary/aromatic N) is 2. The predicted octanol–water partition coefficient (Wildman–Crippen LogP) is 1.48. The Kier molecular flexibility index (Phi) is 7.27. The second-order valence-electron chi connectivity index (χ2n) is 4.85. The highest BCUT2D eigenvalue weighted by Crippen LogP contribution is 2.24. The van der Waals surface area contributed by atoms with Gasteiger partial charge in [0.1, 0.15) is 5.75 Å². The minimum absolute atomic E-state index is 0.0471. The Morgan fingerprint density at radius 3 is 2.56 bits per heavy atom. The summed E-state index contributed by atoms with van der Waals surface area (Å²) in [7, 11) is 0. The lowest BCUT2D eigenvalue weighted by molar-refractivity contribution is -0.124. The summed E-state index contributed by atoms with van der Waals surface area (Å²) in [4.78, 5) is 22.9. The van der Waals surface area contributed by atoms with Crippen LogP contribution in [0.1, 0.15) is 13.8 Å². The summed E-state index contributed by atoms with van der Waals surface area (Å²) in [6.07, 6.45) is 0. The zero-order valence-electron chi connectivity index (χ0n) is 14.1. The van der Waals surface area contributed by atoms with Gasteiger partial charge in [-0.05, 0) is 38.1 Å². The van der Waals surface area contributed by atoms with Crippen molar-refractivity contribution >= 4 is 23.6 Å². The van der Waals surface area contributed by atoms with Gasteiger partial charge < -0.3 is 19.8 Å². The molecule has 0 unspecified atom stereocenters. The molecular formula is C16H20N4O4S. The van der Waals surface area contributed by atoms with Crippen molar-refractivity contribution in [1.82, 2.24) is 20.8 Å². The fourth-order valence-electron chi connectivity index (χ4n) is 1.86. The van der Waals surface area contributed by atoms with Crippen LogP contribution in [0, 0.1) is 0 Å². The van der Waals surface area contributed by atoms with Crippen molar-refractivity contribution in [3.63, 3.8) is 0 Å². The molecule has 0 spiro atoms. The summed E-state index contributed by atoms with van der Waals surface area (Å²) in [5.41, 5.74) is 0.767. The molecule has 2 N–H and O–H groups in total. The van der Waals surface area contributed by atoms with Crippen LogP contribution in [-0.4, -0.2) is 47.5 Å². The van der Waals surface area contributed by atoms with Gasteiger partial charge in [0, 0.05) is 12.1 Å². The smallest absolute Gasteiger partial charge is 0.277 e. The quantitative estimate of drug-likeness (QED) is 0.649. The van der Waals surface area contributed by atoms with E-state index in [1.807, 2.05) is 38.1 Å². The molecule has 8 nitrogen and oxygen atoms in total. The van der Waals surface area contributed by atoms with E-state index in [-0.39, 0.29) is 29.3 Å². The number of hydrogen-bond donors (Lipinski definition) is 2. The first kappa shape index (κ1) is 18.8. The van der Waals surface area contributed by atoms with Crippen molar-refractivity contribution in [1.29, 1.82) is 0 Å². The summed E-state index contributed by atoms with van der Waals surface area (Å²) >= 11 is 1.11. The zero-order valence-corrected chi connectivity index (χ0v) is 14.9. The highest BCUT2D eigenvalue weighted by molar-refractivity contribution is 7.99. The van der Waals surface area contributed by atoms with Gasteiger partial charge in [-0.1, -0.05) is 11.8 Å². The zero-order chi connectivity index (χ0) is 18.1. The van der Waals surface area contributed by atoms with Crippen molar-refractivity contribution < 1.29 is 18.7 Å². The van der Waals surface area contributed by atoms with E-state index in [0.717, 1.165) is 23.1 Å². The van der Waals surface area contributed by atoms with Gasteiger partial charge in [-0.15, -0.1) is 10.2 Å². The van der Waals surface area contributed by atoms with E-state index in [9.17, 15) is 9.59 Å². The minimum atomic E-state index is -0.280. The Morgan fingerprint density at radius 1 is 1.12 bits per heavy atom. The van der Waals surface area contributed by atoms with Crippen molar-refractivity contribution in [2.75, 3.05) is 25.4 Å². The Morgan fingerprint density at radius 2 is 1.88 bits per heavy atom. The molecule has 1 heterocycles. The SMILES string of the molecule is CCNC(=O)CNC(=O)CSc1nnc(-c2ccc(OCC)cc2)o1. The minimum Gasteiger partial charge on any atom is -0.494 e. The number of carbonyl (C=O) groups is 2. The Bertz CT molecular complexity index is 702. The molecule has 2 rings (SSSR count). The number of rotatable bonds is 9. The second-order valence-corrected chi connectivity index (χ2v) is 5.78. The number of ether oxygens (including phenoxy) is 1. The molecule has 0 radical (unpaired) electrons. The van der Waals surface area contributed by atoms with Gasteiger partial charge in [0.05, 0.1) is 18.9 Å². The number of thioether (sulfide) groups is 1. The molecule has 2 amide bonds. The monoisotopic (exact) mass is 364 g/mol. The Hall–Kier alpha value is -2.55. The average molecular weight is 364 g/mol. The van der Waals surface area contributed by atoms with Crippen LogP contribution in [0.4, 0.5) is 0 Å². The molecule has 0 saturated heterocycles. The van der Waals surface area contributed by atoms with Crippen LogP contribution in [0.5, 0.6) is 5.75 Å². The van der Waals surface area contributed by atoms with E-state index in [2.05, 4.69) is 20.8 Å². The molecule has 9 heteroatoms. The predicted molar refractivity (Wildman–Crippen MR) is 93.3 cm³/mol. The fraction of sp³-hybridized carbons (Fsp3) is 0.375. The molecule has 0 fully saturated rings. The molecular weight excluding hydrogens is 344 g/mol. The van der Waals surface area contributed by atoms with E-state index >= 15 is 0 Å². The summed E-state index contributed by atoms with van der Waals surface area (Å²) in [6.45, 7) is 4.81. The first-order valence-electron chi connectivity index (χ1n) is 7.85. The highest BCUT2D eigenvalue weighted by atomic mass is 32.2. The lowest BCUT2D eigenvalue weighted by Gasteiger charge is -2.03. The van der Waals surface area contributed by atoms with Crippen molar-refractivity contribution in [3.8, 4) is 17.2 Å². The molecule has 0 aliphatic carbocycles. The van der Waals surface area contributed by atoms with Gasteiger partial charge in [-0.25, -0.2) is 0 Å². The summed E-state index contributed by atoms with van der Waals surface area (Å²) in [5.74, 6) is 0.718. The maximum atomic E-state index is 11.7. The van der Waals surface area contributed by atoms with Crippen LogP contribution in [0.25, 0.3) is 11.5 Å². The molecule has 0 aliphatic rings. The van der Waals surface area contributed by atoms with Crippen LogP contribution in [-0.2, 0) is 9.59 Å². The number of nitrogens with one attached hydrogen (secondary N) is 2. The van der Waals surface area contributed by atoms with Crippen LogP contribution >= 0.6 is 11.8 Å². The van der Waals surface area contributed by atoms with Crippen molar-refractivity contribution in [3.05, 3.63) is 24.3 Å². The van der Waals surface area contributed by atoms with Crippen LogP contribution in [0.2, 0.25) is 0 Å². The third kappa shape index (κ3) is 6.11. The fourth-order valence-corrected chi connectivity index (χ4v) is 2.46. The first-order chi connectivity index (χ1) is 12.1. The molecule has 0 saturated carbocycles. The van der Waals surface area contributed by atoms with E-state index in [1.165, 1.54) is 0 Å². The van der Waals surface area contributed by atoms with E-state index in [0.29, 0.717) is 19.0 Å². The third-order valence-corrected chi connectivity index (χ3v) is 3.78. The molecule has 1 aromatic carbocycles. The summed E-state index contributed by atoms with van der Waals surface area (Å²) in [6, 6.07) is 7.30. The maximum absolute atomic E-state index is 11.7. The normalized spacial score (nSPS) is 10.3. The Labute approximate surface area is 149 Å². The first-order valence-corrected chi connectivity index (χ1v) is 8.83.